The molecule has 0 spiro atoms. The van der Waals surface area contributed by atoms with Gasteiger partial charge in [0, 0.05) is 18.8 Å². The van der Waals surface area contributed by atoms with Gasteiger partial charge in [0.05, 0.1) is 12.1 Å². The average Bonchev–Trinajstić information content (AvgIpc) is 2.71. The van der Waals surface area contributed by atoms with E-state index < -0.39 is 0 Å². The van der Waals surface area contributed by atoms with Gasteiger partial charge in [-0.05, 0) is 39.3 Å². The number of carbonyl (C=O) groups excluding carboxylic acids is 1. The Morgan fingerprint density at radius 3 is 2.81 bits per heavy atom. The molecule has 0 aliphatic carbocycles. The molecule has 114 valence electrons. The third kappa shape index (κ3) is 3.71. The molecule has 2 rings (SSSR count). The maximum Gasteiger partial charge on any atom is 0.419 e. The summed E-state index contributed by atoms with van der Waals surface area (Å²) in [5, 5.41) is 5.55. The lowest BCUT2D eigenvalue weighted by Gasteiger charge is -2.10. The molecule has 0 saturated carbocycles. The van der Waals surface area contributed by atoms with Crippen molar-refractivity contribution >= 4 is 22.7 Å². The van der Waals surface area contributed by atoms with E-state index in [9.17, 15) is 9.59 Å². The molecule has 0 aliphatic rings. The van der Waals surface area contributed by atoms with E-state index in [-0.39, 0.29) is 18.2 Å². The van der Waals surface area contributed by atoms with E-state index in [1.165, 1.54) is 0 Å². The van der Waals surface area contributed by atoms with E-state index in [1.807, 2.05) is 19.0 Å². The first-order valence-corrected chi connectivity index (χ1v) is 6.74. The Hall–Kier alpha value is -2.12. The number of anilines is 1. The van der Waals surface area contributed by atoms with Crippen molar-refractivity contribution in [1.82, 2.24) is 14.8 Å². The van der Waals surface area contributed by atoms with Crippen molar-refractivity contribution in [1.29, 1.82) is 0 Å². The standard InChI is InChI=1S/C14H20N4O3/c1-15-9-13(19)16-10-4-5-12-11(8-10)18(14(20)21-12)7-6-17(2)3/h4-5,8,15H,6-7,9H2,1-3H3,(H,16,19). The molecule has 21 heavy (non-hydrogen) atoms. The van der Waals surface area contributed by atoms with Crippen LogP contribution >= 0.6 is 0 Å². The molecule has 1 heterocycles. The second-order valence-electron chi connectivity index (χ2n) is 5.08. The summed E-state index contributed by atoms with van der Waals surface area (Å²) in [6.07, 6.45) is 0. The number of aromatic nitrogens is 1. The average molecular weight is 292 g/mol. The van der Waals surface area contributed by atoms with Gasteiger partial charge in [0.1, 0.15) is 0 Å². The maximum atomic E-state index is 11.9. The lowest BCUT2D eigenvalue weighted by Crippen LogP contribution is -2.25. The van der Waals surface area contributed by atoms with Gasteiger partial charge in [-0.15, -0.1) is 0 Å². The first-order chi connectivity index (χ1) is 10.0. The number of oxazole rings is 1. The minimum atomic E-state index is -0.384. The SMILES string of the molecule is CNCC(=O)Nc1ccc2oc(=O)n(CCN(C)C)c2c1. The summed E-state index contributed by atoms with van der Waals surface area (Å²) in [7, 11) is 5.59. The molecule has 7 nitrogen and oxygen atoms in total. The van der Waals surface area contributed by atoms with Crippen LogP contribution in [0.25, 0.3) is 11.1 Å². The predicted octanol–water partition coefficient (Wildman–Crippen LogP) is 0.314. The molecule has 2 N–H and O–H groups in total. The fraction of sp³-hybridized carbons (Fsp3) is 0.429. The third-order valence-electron chi connectivity index (χ3n) is 3.06. The zero-order valence-electron chi connectivity index (χ0n) is 12.5. The highest BCUT2D eigenvalue weighted by atomic mass is 16.4. The van der Waals surface area contributed by atoms with Crippen LogP contribution in [0.3, 0.4) is 0 Å². The number of likely N-dealkylation sites (N-methyl/N-ethyl adjacent to an activating group) is 2. The quantitative estimate of drug-likeness (QED) is 0.801. The predicted molar refractivity (Wildman–Crippen MR) is 81.6 cm³/mol. The maximum absolute atomic E-state index is 11.9. The van der Waals surface area contributed by atoms with Gasteiger partial charge in [-0.3, -0.25) is 9.36 Å². The zero-order valence-corrected chi connectivity index (χ0v) is 12.5. The molecule has 0 bridgehead atoms. The van der Waals surface area contributed by atoms with Crippen molar-refractivity contribution in [2.24, 2.45) is 0 Å². The van der Waals surface area contributed by atoms with Crippen molar-refractivity contribution in [3.8, 4) is 0 Å². The van der Waals surface area contributed by atoms with Crippen LogP contribution in [-0.4, -0.2) is 49.6 Å². The summed E-state index contributed by atoms with van der Waals surface area (Å²) >= 11 is 0. The van der Waals surface area contributed by atoms with Crippen LogP contribution in [0.15, 0.2) is 27.4 Å². The van der Waals surface area contributed by atoms with Crippen LogP contribution < -0.4 is 16.4 Å². The molecule has 1 aromatic heterocycles. The van der Waals surface area contributed by atoms with Gasteiger partial charge in [-0.25, -0.2) is 4.79 Å². The number of amides is 1. The topological polar surface area (TPSA) is 79.5 Å². The van der Waals surface area contributed by atoms with Gasteiger partial charge < -0.3 is 20.0 Å². The number of nitrogens with one attached hydrogen (secondary N) is 2. The van der Waals surface area contributed by atoms with Gasteiger partial charge in [-0.2, -0.15) is 0 Å². The van der Waals surface area contributed by atoms with E-state index in [2.05, 4.69) is 10.6 Å². The Kier molecular flexibility index (Phi) is 4.77. The number of benzene rings is 1. The molecule has 2 aromatic rings. The van der Waals surface area contributed by atoms with Crippen molar-refractivity contribution < 1.29 is 9.21 Å². The van der Waals surface area contributed by atoms with E-state index in [0.29, 0.717) is 23.3 Å². The highest BCUT2D eigenvalue weighted by Crippen LogP contribution is 2.18. The molecule has 7 heteroatoms. The Morgan fingerprint density at radius 2 is 2.14 bits per heavy atom. The second-order valence-corrected chi connectivity index (χ2v) is 5.08. The summed E-state index contributed by atoms with van der Waals surface area (Å²) in [5.41, 5.74) is 1.84. The Bertz CT molecular complexity index is 687. The summed E-state index contributed by atoms with van der Waals surface area (Å²) in [4.78, 5) is 25.4. The number of fused-ring (bicyclic) bond motifs is 1. The van der Waals surface area contributed by atoms with E-state index in [4.69, 9.17) is 4.42 Å². The lowest BCUT2D eigenvalue weighted by molar-refractivity contribution is -0.115. The van der Waals surface area contributed by atoms with E-state index in [1.54, 1.807) is 29.8 Å². The van der Waals surface area contributed by atoms with Gasteiger partial charge >= 0.3 is 5.76 Å². The third-order valence-corrected chi connectivity index (χ3v) is 3.06. The van der Waals surface area contributed by atoms with Crippen LogP contribution in [-0.2, 0) is 11.3 Å². The van der Waals surface area contributed by atoms with Crippen molar-refractivity contribution in [3.63, 3.8) is 0 Å². The van der Waals surface area contributed by atoms with Crippen molar-refractivity contribution in [2.45, 2.75) is 6.54 Å². The van der Waals surface area contributed by atoms with Crippen LogP contribution in [0.2, 0.25) is 0 Å². The smallest absolute Gasteiger partial charge is 0.408 e. The molecule has 0 aliphatic heterocycles. The number of nitrogens with zero attached hydrogens (tertiary/aromatic N) is 2. The van der Waals surface area contributed by atoms with Gasteiger partial charge in [0.2, 0.25) is 5.91 Å². The number of rotatable bonds is 6. The van der Waals surface area contributed by atoms with Crippen LogP contribution in [0, 0.1) is 0 Å². The minimum Gasteiger partial charge on any atom is -0.408 e. The molecule has 0 radical (unpaired) electrons. The monoisotopic (exact) mass is 292 g/mol. The summed E-state index contributed by atoms with van der Waals surface area (Å²) < 4.78 is 6.78. The normalized spacial score (nSPS) is 11.2. The Balaban J connectivity index is 2.29. The van der Waals surface area contributed by atoms with E-state index in [0.717, 1.165) is 6.54 Å². The van der Waals surface area contributed by atoms with Crippen molar-refractivity contribution in [3.05, 3.63) is 28.7 Å². The summed E-state index contributed by atoms with van der Waals surface area (Å²) in [5.74, 6) is -0.520. The fourth-order valence-electron chi connectivity index (χ4n) is 2.02. The molecule has 1 amide bonds. The first kappa shape index (κ1) is 15.3. The highest BCUT2D eigenvalue weighted by Gasteiger charge is 2.11. The fourth-order valence-corrected chi connectivity index (χ4v) is 2.02. The zero-order chi connectivity index (χ0) is 15.4. The molecule has 0 atom stereocenters. The van der Waals surface area contributed by atoms with Crippen LogP contribution in [0.5, 0.6) is 0 Å². The van der Waals surface area contributed by atoms with Gasteiger partial charge in [0.15, 0.2) is 5.58 Å². The van der Waals surface area contributed by atoms with Crippen LogP contribution in [0.4, 0.5) is 5.69 Å². The molecule has 1 aromatic carbocycles. The Morgan fingerprint density at radius 1 is 1.38 bits per heavy atom. The summed E-state index contributed by atoms with van der Waals surface area (Å²) in [6.45, 7) is 1.49. The number of hydrogen-bond donors (Lipinski definition) is 2. The van der Waals surface area contributed by atoms with Crippen LogP contribution in [0.1, 0.15) is 0 Å². The first-order valence-electron chi connectivity index (χ1n) is 6.74. The molecule has 0 saturated heterocycles. The number of hydrogen-bond acceptors (Lipinski definition) is 5. The van der Waals surface area contributed by atoms with Crippen molar-refractivity contribution in [2.75, 3.05) is 39.5 Å². The lowest BCUT2D eigenvalue weighted by atomic mass is 10.2. The highest BCUT2D eigenvalue weighted by molar-refractivity contribution is 5.94. The minimum absolute atomic E-state index is 0.137. The Labute approximate surface area is 122 Å². The largest absolute Gasteiger partial charge is 0.419 e. The van der Waals surface area contributed by atoms with E-state index >= 15 is 0 Å². The number of carbonyl (C=O) groups is 1. The second kappa shape index (κ2) is 6.55. The molecular formula is C14H20N4O3. The molecule has 0 fully saturated rings. The van der Waals surface area contributed by atoms with Gasteiger partial charge in [-0.1, -0.05) is 0 Å². The molecular weight excluding hydrogens is 272 g/mol. The molecule has 0 unspecified atom stereocenters. The van der Waals surface area contributed by atoms with Gasteiger partial charge in [0.25, 0.3) is 0 Å². The summed E-state index contributed by atoms with van der Waals surface area (Å²) in [6, 6.07) is 5.16.